The minimum Gasteiger partial charge on any atom is -0.423 e. The maximum Gasteiger partial charge on any atom is 0.343 e. The first-order valence-electron chi connectivity index (χ1n) is 32.4. The molecule has 0 bridgehead atoms. The SMILES string of the molecule is CCCCc1ncc(/C=C(\Cc2cccs2)C(=O)Oc2ccc(CO[N+](=O)[O-])cc2)n1Cc1ccc(C(=O)Oc2ccc(CO[N+](=O)[O-])cc2)cc1.CCCCc1ncc(/C=C(\Cc2cccs2)C(=O)Oc2cccc(CO[N+](=O)[O-])c2)n1Cc1ccc(C(=O)Oc2cccc(CO[N+](=O)[O-])c2)cc1. The number of imidazole rings is 2. The molecule has 0 saturated carbocycles. The summed E-state index contributed by atoms with van der Waals surface area (Å²) in [6.07, 6.45) is 12.8. The van der Waals surface area contributed by atoms with E-state index in [1.165, 1.54) is 46.9 Å². The van der Waals surface area contributed by atoms with Crippen molar-refractivity contribution in [3.63, 3.8) is 0 Å². The van der Waals surface area contributed by atoms with Gasteiger partial charge in [-0.3, -0.25) is 0 Å². The van der Waals surface area contributed by atoms with Crippen molar-refractivity contribution in [3.8, 4) is 23.0 Å². The molecule has 10 rings (SSSR count). The van der Waals surface area contributed by atoms with Gasteiger partial charge in [0, 0.05) is 59.7 Å². The average molecular weight is 1450 g/mol. The molecule has 10 aromatic rings. The molecule has 0 aliphatic heterocycles. The number of hydrogen-bond acceptors (Lipinski definition) is 24. The van der Waals surface area contributed by atoms with Crippen molar-refractivity contribution < 1.29 is 77.8 Å². The second-order valence-electron chi connectivity index (χ2n) is 23.0. The first-order valence-corrected chi connectivity index (χ1v) is 34.2. The van der Waals surface area contributed by atoms with Crippen molar-refractivity contribution >= 4 is 58.7 Å². The predicted molar refractivity (Wildman–Crippen MR) is 379 cm³/mol. The molecule has 0 saturated heterocycles. The maximum atomic E-state index is 13.6. The van der Waals surface area contributed by atoms with Crippen LogP contribution in [-0.4, -0.2) is 63.3 Å². The number of carbonyl (C=O) groups excluding carboxylic acids is 4. The van der Waals surface area contributed by atoms with Gasteiger partial charge in [0.2, 0.25) is 0 Å². The van der Waals surface area contributed by atoms with Gasteiger partial charge in [0.1, 0.15) is 61.1 Å². The Morgan fingerprint density at radius 2 is 0.779 bits per heavy atom. The van der Waals surface area contributed by atoms with Crippen molar-refractivity contribution in [1.82, 2.24) is 19.1 Å². The molecule has 0 N–H and O–H groups in total. The summed E-state index contributed by atoms with van der Waals surface area (Å²) in [7, 11) is 0. The van der Waals surface area contributed by atoms with Crippen LogP contribution in [0.25, 0.3) is 12.2 Å². The van der Waals surface area contributed by atoms with Crippen molar-refractivity contribution in [2.45, 2.75) is 105 Å². The van der Waals surface area contributed by atoms with Crippen LogP contribution < -0.4 is 18.9 Å². The normalized spacial score (nSPS) is 11.1. The lowest BCUT2D eigenvalue weighted by molar-refractivity contribution is -0.763. The summed E-state index contributed by atoms with van der Waals surface area (Å²) in [6, 6.07) is 46.8. The van der Waals surface area contributed by atoms with Gasteiger partial charge in [0.15, 0.2) is 0 Å². The lowest BCUT2D eigenvalue weighted by Crippen LogP contribution is -2.14. The van der Waals surface area contributed by atoms with Gasteiger partial charge in [-0.25, -0.2) is 29.1 Å². The number of carbonyl (C=O) groups is 4. The Labute approximate surface area is 602 Å². The monoisotopic (exact) mass is 1450 g/mol. The average Bonchev–Trinajstić information content (AvgIpc) is 1.66. The lowest BCUT2D eigenvalue weighted by Gasteiger charge is -2.13. The Bertz CT molecular complexity index is 4630. The molecule has 0 amide bonds. The summed E-state index contributed by atoms with van der Waals surface area (Å²) >= 11 is 3.03. The summed E-state index contributed by atoms with van der Waals surface area (Å²) < 4.78 is 26.5. The second-order valence-corrected chi connectivity index (χ2v) is 25.0. The van der Waals surface area contributed by atoms with Gasteiger partial charge in [-0.15, -0.1) is 63.1 Å². The minimum absolute atomic E-state index is 0.209. The fourth-order valence-corrected chi connectivity index (χ4v) is 11.6. The molecule has 28 nitrogen and oxygen atoms in total. The van der Waals surface area contributed by atoms with E-state index in [0.29, 0.717) is 88.3 Å². The molecule has 0 radical (unpaired) electrons. The number of hydrogen-bond donors (Lipinski definition) is 0. The van der Waals surface area contributed by atoms with Crippen LogP contribution in [0.15, 0.2) is 204 Å². The standard InChI is InChI=1S/2C37H34N4O10S/c1-2-3-12-35-38-22-31(20-30(21-34-11-6-17-52-34)37(43)51-33-10-5-8-28(19-33)25-49-41(46)47)39(35)23-26-13-15-29(16-14-26)36(42)50-32-9-4-7-27(18-32)24-48-40(44)45;1-2-3-6-35-38-22-31(20-30(21-34-5-4-19-52-34)37(43)51-33-17-11-28(12-18-33)25-49-41(46)47)39(35)23-26-7-13-29(14-8-26)36(42)50-32-15-9-27(10-16-32)24-48-40(44)45/h4-11,13-20,22H,2-3,12,21,23-25H2,1H3;4-5,7-20,22H,2-3,6,21,23-25H2,1H3/b2*30-20+. The zero-order valence-corrected chi connectivity index (χ0v) is 57.7. The highest BCUT2D eigenvalue weighted by atomic mass is 32.1. The molecule has 0 aliphatic rings. The molecule has 536 valence electrons. The van der Waals surface area contributed by atoms with E-state index < -0.39 is 44.2 Å². The van der Waals surface area contributed by atoms with Gasteiger partial charge in [0.05, 0.1) is 34.9 Å². The van der Waals surface area contributed by atoms with Crippen molar-refractivity contribution in [1.29, 1.82) is 0 Å². The fourth-order valence-electron chi connectivity index (χ4n) is 10.2. The van der Waals surface area contributed by atoms with E-state index in [0.717, 1.165) is 64.6 Å². The van der Waals surface area contributed by atoms with Gasteiger partial charge >= 0.3 is 23.9 Å². The number of esters is 4. The predicted octanol–water partition coefficient (Wildman–Crippen LogP) is 14.4. The molecule has 0 spiro atoms. The van der Waals surface area contributed by atoms with E-state index in [-0.39, 0.29) is 49.4 Å². The van der Waals surface area contributed by atoms with E-state index in [9.17, 15) is 59.6 Å². The third-order valence-electron chi connectivity index (χ3n) is 15.4. The molecule has 0 atom stereocenters. The van der Waals surface area contributed by atoms with Gasteiger partial charge in [0.25, 0.3) is 20.3 Å². The van der Waals surface area contributed by atoms with E-state index in [2.05, 4.69) is 33.2 Å². The van der Waals surface area contributed by atoms with Crippen LogP contribution in [0.4, 0.5) is 0 Å². The number of rotatable bonds is 36. The largest absolute Gasteiger partial charge is 0.423 e. The summed E-state index contributed by atoms with van der Waals surface area (Å²) in [5, 5.41) is 42.4. The highest BCUT2D eigenvalue weighted by molar-refractivity contribution is 7.10. The molecular weight excluding hydrogens is 1380 g/mol. The zero-order valence-electron chi connectivity index (χ0n) is 56.1. The molecule has 4 aromatic heterocycles. The number of benzene rings is 6. The van der Waals surface area contributed by atoms with E-state index >= 15 is 0 Å². The number of unbranched alkanes of at least 4 members (excludes halogenated alkanes) is 2. The molecule has 4 heterocycles. The molecule has 30 heteroatoms. The molecule has 0 aliphatic carbocycles. The Morgan fingerprint density at radius 3 is 1.15 bits per heavy atom. The van der Waals surface area contributed by atoms with E-state index in [1.807, 2.05) is 68.4 Å². The summed E-state index contributed by atoms with van der Waals surface area (Å²) in [5.41, 5.74) is 6.63. The first kappa shape index (κ1) is 75.5. The number of aryl methyl sites for hydroxylation is 2. The number of ether oxygens (including phenoxy) is 4. The molecular formula is C74H68N8O20S2. The Hall–Kier alpha value is -12.7. The highest BCUT2D eigenvalue weighted by Gasteiger charge is 2.22. The van der Waals surface area contributed by atoms with Crippen LogP contribution in [0, 0.1) is 40.5 Å². The Balaban J connectivity index is 0.000000241. The van der Waals surface area contributed by atoms with Crippen molar-refractivity contribution in [3.05, 3.63) is 322 Å². The van der Waals surface area contributed by atoms with Crippen LogP contribution in [-0.2, 0) is 94.1 Å². The molecule has 0 unspecified atom stereocenters. The summed E-state index contributed by atoms with van der Waals surface area (Å²) in [4.78, 5) is 124. The smallest absolute Gasteiger partial charge is 0.343 e. The quantitative estimate of drug-likeness (QED) is 0.0116. The molecule has 6 aromatic carbocycles. The Morgan fingerprint density at radius 1 is 0.423 bits per heavy atom. The van der Waals surface area contributed by atoms with Gasteiger partial charge in [-0.05, 0) is 154 Å². The van der Waals surface area contributed by atoms with E-state index in [1.54, 1.807) is 122 Å². The molecule has 104 heavy (non-hydrogen) atoms. The third kappa shape index (κ3) is 23.7. The first-order chi connectivity index (χ1) is 50.3. The molecule has 0 fully saturated rings. The highest BCUT2D eigenvalue weighted by Crippen LogP contribution is 2.27. The van der Waals surface area contributed by atoms with E-state index in [4.69, 9.17) is 28.9 Å². The van der Waals surface area contributed by atoms with Gasteiger partial charge in [-0.2, -0.15) is 0 Å². The van der Waals surface area contributed by atoms with Crippen LogP contribution in [0.3, 0.4) is 0 Å². The number of thiophene rings is 2. The number of aromatic nitrogens is 4. The summed E-state index contributed by atoms with van der Waals surface area (Å²) in [5.74, 6) is 0.400. The summed E-state index contributed by atoms with van der Waals surface area (Å²) in [6.45, 7) is 4.03. The third-order valence-corrected chi connectivity index (χ3v) is 17.1. The minimum atomic E-state index is -0.891. The van der Waals surface area contributed by atoms with Crippen LogP contribution in [0.5, 0.6) is 23.0 Å². The van der Waals surface area contributed by atoms with Crippen molar-refractivity contribution in [2.75, 3.05) is 0 Å². The lowest BCUT2D eigenvalue weighted by atomic mass is 10.1. The fraction of sp³-hybridized carbons (Fsp3) is 0.216. The Kier molecular flexibility index (Phi) is 27.7. The van der Waals surface area contributed by atoms with Crippen LogP contribution in [0.1, 0.15) is 126 Å². The van der Waals surface area contributed by atoms with Gasteiger partial charge < -0.3 is 47.4 Å². The second kappa shape index (κ2) is 38.2. The zero-order chi connectivity index (χ0) is 73.7. The van der Waals surface area contributed by atoms with Gasteiger partial charge in [-0.1, -0.05) is 112 Å². The van der Waals surface area contributed by atoms with Crippen LogP contribution >= 0.6 is 22.7 Å². The topological polar surface area (TPSA) is 350 Å². The maximum absolute atomic E-state index is 13.6. The number of nitrogens with zero attached hydrogens (tertiary/aromatic N) is 8. The van der Waals surface area contributed by atoms with Crippen LogP contribution in [0.2, 0.25) is 0 Å². The van der Waals surface area contributed by atoms with Crippen molar-refractivity contribution in [2.24, 2.45) is 0 Å².